The van der Waals surface area contributed by atoms with E-state index in [1.54, 1.807) is 0 Å². The molecule has 3 nitrogen and oxygen atoms in total. The third kappa shape index (κ3) is 3.76. The number of piperazine rings is 1. The molecular weight excluding hydrogens is 230 g/mol. The van der Waals surface area contributed by atoms with Crippen molar-refractivity contribution >= 4 is 11.3 Å². The predicted molar refractivity (Wildman–Crippen MR) is 73.7 cm³/mol. The molecule has 2 heterocycles. The Kier molecular flexibility index (Phi) is 4.95. The van der Waals surface area contributed by atoms with Crippen LogP contribution in [0.5, 0.6) is 0 Å². The van der Waals surface area contributed by atoms with Gasteiger partial charge in [0.05, 0.1) is 10.7 Å². The highest BCUT2D eigenvalue weighted by atomic mass is 32.1. The van der Waals surface area contributed by atoms with Crippen LogP contribution in [-0.4, -0.2) is 42.1 Å². The first-order valence-corrected chi connectivity index (χ1v) is 7.55. The monoisotopic (exact) mass is 253 g/mol. The Labute approximate surface area is 108 Å². The van der Waals surface area contributed by atoms with Gasteiger partial charge in [0.15, 0.2) is 0 Å². The molecule has 4 heteroatoms. The van der Waals surface area contributed by atoms with Gasteiger partial charge in [-0.25, -0.2) is 4.98 Å². The molecule has 0 aromatic carbocycles. The van der Waals surface area contributed by atoms with Crippen molar-refractivity contribution in [1.29, 1.82) is 0 Å². The summed E-state index contributed by atoms with van der Waals surface area (Å²) in [4.78, 5) is 7.28. The summed E-state index contributed by atoms with van der Waals surface area (Å²) < 4.78 is 0. The lowest BCUT2D eigenvalue weighted by atomic mass is 10.1. The average molecular weight is 253 g/mol. The molecule has 0 amide bonds. The van der Waals surface area contributed by atoms with Crippen LogP contribution in [0.3, 0.4) is 0 Å². The summed E-state index contributed by atoms with van der Waals surface area (Å²) in [5.74, 6) is 0. The zero-order valence-corrected chi connectivity index (χ0v) is 11.7. The van der Waals surface area contributed by atoms with Crippen molar-refractivity contribution < 1.29 is 0 Å². The summed E-state index contributed by atoms with van der Waals surface area (Å²) >= 11 is 1.82. The Morgan fingerprint density at radius 3 is 2.94 bits per heavy atom. The number of hydrogen-bond acceptors (Lipinski definition) is 4. The van der Waals surface area contributed by atoms with Crippen LogP contribution in [0.4, 0.5) is 0 Å². The first kappa shape index (κ1) is 13.0. The fourth-order valence-corrected chi connectivity index (χ4v) is 3.24. The van der Waals surface area contributed by atoms with Crippen LogP contribution in [0, 0.1) is 0 Å². The van der Waals surface area contributed by atoms with Crippen molar-refractivity contribution in [1.82, 2.24) is 15.2 Å². The lowest BCUT2D eigenvalue weighted by Crippen LogP contribution is -2.48. The molecule has 0 aliphatic carbocycles. The Hall–Kier alpha value is -0.450. The van der Waals surface area contributed by atoms with E-state index >= 15 is 0 Å². The highest BCUT2D eigenvalue weighted by molar-refractivity contribution is 7.09. The van der Waals surface area contributed by atoms with E-state index in [4.69, 9.17) is 4.98 Å². The molecule has 1 fully saturated rings. The molecule has 0 spiro atoms. The first-order chi connectivity index (χ1) is 8.29. The summed E-state index contributed by atoms with van der Waals surface area (Å²) in [6, 6.07) is 0.619. The van der Waals surface area contributed by atoms with Gasteiger partial charge in [-0.2, -0.15) is 0 Å². The first-order valence-electron chi connectivity index (χ1n) is 6.67. The number of aromatic nitrogens is 1. The summed E-state index contributed by atoms with van der Waals surface area (Å²) in [6.45, 7) is 9.14. The van der Waals surface area contributed by atoms with Crippen molar-refractivity contribution in [3.8, 4) is 0 Å². The Morgan fingerprint density at radius 2 is 2.24 bits per heavy atom. The maximum absolute atomic E-state index is 4.71. The van der Waals surface area contributed by atoms with Crippen LogP contribution in [0.25, 0.3) is 0 Å². The fourth-order valence-electron chi connectivity index (χ4n) is 2.33. The van der Waals surface area contributed by atoms with Gasteiger partial charge in [-0.15, -0.1) is 11.3 Å². The van der Waals surface area contributed by atoms with Gasteiger partial charge in [-0.3, -0.25) is 4.90 Å². The minimum absolute atomic E-state index is 0.619. The van der Waals surface area contributed by atoms with Crippen LogP contribution >= 0.6 is 11.3 Å². The van der Waals surface area contributed by atoms with Gasteiger partial charge in [-0.1, -0.05) is 6.92 Å². The molecular formula is C13H23N3S. The largest absolute Gasteiger partial charge is 0.314 e. The SMILES string of the molecule is CCCc1nc(CC(C)N2CCNCC2)cs1. The summed E-state index contributed by atoms with van der Waals surface area (Å²) in [7, 11) is 0. The Balaban J connectivity index is 1.85. The molecule has 0 radical (unpaired) electrons. The fraction of sp³-hybridized carbons (Fsp3) is 0.769. The van der Waals surface area contributed by atoms with Gasteiger partial charge in [0.1, 0.15) is 0 Å². The van der Waals surface area contributed by atoms with Gasteiger partial charge in [-0.05, 0) is 19.8 Å². The van der Waals surface area contributed by atoms with E-state index in [-0.39, 0.29) is 0 Å². The molecule has 1 aromatic rings. The number of rotatable bonds is 5. The van der Waals surface area contributed by atoms with E-state index < -0.39 is 0 Å². The summed E-state index contributed by atoms with van der Waals surface area (Å²) in [6.07, 6.45) is 3.42. The predicted octanol–water partition coefficient (Wildman–Crippen LogP) is 1.93. The molecule has 1 aromatic heterocycles. The molecule has 1 saturated heterocycles. The normalized spacial score (nSPS) is 19.4. The Morgan fingerprint density at radius 1 is 1.47 bits per heavy atom. The molecule has 96 valence electrons. The van der Waals surface area contributed by atoms with Gasteiger partial charge >= 0.3 is 0 Å². The maximum Gasteiger partial charge on any atom is 0.0928 e. The van der Waals surface area contributed by atoms with Crippen molar-refractivity contribution in [2.45, 2.75) is 39.2 Å². The second-order valence-corrected chi connectivity index (χ2v) is 5.76. The van der Waals surface area contributed by atoms with Crippen molar-refractivity contribution in [3.63, 3.8) is 0 Å². The van der Waals surface area contributed by atoms with Crippen LogP contribution in [0.1, 0.15) is 31.0 Å². The van der Waals surface area contributed by atoms with E-state index in [0.717, 1.165) is 25.9 Å². The third-order valence-corrected chi connectivity index (χ3v) is 4.30. The molecule has 1 atom stereocenters. The van der Waals surface area contributed by atoms with Crippen LogP contribution in [-0.2, 0) is 12.8 Å². The molecule has 0 saturated carbocycles. The number of aryl methyl sites for hydroxylation is 1. The summed E-state index contributed by atoms with van der Waals surface area (Å²) in [5.41, 5.74) is 1.28. The summed E-state index contributed by atoms with van der Waals surface area (Å²) in [5, 5.41) is 6.94. The minimum Gasteiger partial charge on any atom is -0.314 e. The number of nitrogens with zero attached hydrogens (tertiary/aromatic N) is 2. The van der Waals surface area contributed by atoms with Gasteiger partial charge in [0.25, 0.3) is 0 Å². The van der Waals surface area contributed by atoms with E-state index in [9.17, 15) is 0 Å². The van der Waals surface area contributed by atoms with Crippen molar-refractivity contribution in [2.75, 3.05) is 26.2 Å². The second kappa shape index (κ2) is 6.47. The standard InChI is InChI=1S/C13H23N3S/c1-3-4-13-15-12(10-17-13)9-11(2)16-7-5-14-6-8-16/h10-11,14H,3-9H2,1-2H3. The number of thiazole rings is 1. The quantitative estimate of drug-likeness (QED) is 0.869. The highest BCUT2D eigenvalue weighted by Crippen LogP contribution is 2.15. The lowest BCUT2D eigenvalue weighted by Gasteiger charge is -2.32. The molecule has 2 rings (SSSR count). The van der Waals surface area contributed by atoms with Crippen LogP contribution in [0.15, 0.2) is 5.38 Å². The molecule has 17 heavy (non-hydrogen) atoms. The van der Waals surface area contributed by atoms with E-state index in [2.05, 4.69) is 29.4 Å². The van der Waals surface area contributed by atoms with Crippen molar-refractivity contribution in [3.05, 3.63) is 16.1 Å². The van der Waals surface area contributed by atoms with Gasteiger partial charge < -0.3 is 5.32 Å². The lowest BCUT2D eigenvalue weighted by molar-refractivity contribution is 0.182. The zero-order chi connectivity index (χ0) is 12.1. The number of nitrogens with one attached hydrogen (secondary N) is 1. The van der Waals surface area contributed by atoms with E-state index in [1.165, 1.54) is 30.2 Å². The zero-order valence-electron chi connectivity index (χ0n) is 10.9. The molecule has 1 unspecified atom stereocenters. The second-order valence-electron chi connectivity index (χ2n) is 4.82. The van der Waals surface area contributed by atoms with E-state index in [1.807, 2.05) is 11.3 Å². The minimum atomic E-state index is 0.619. The van der Waals surface area contributed by atoms with Crippen LogP contribution < -0.4 is 5.32 Å². The molecule has 1 aliphatic rings. The van der Waals surface area contributed by atoms with Gasteiger partial charge in [0, 0.05) is 44.0 Å². The average Bonchev–Trinajstić information content (AvgIpc) is 2.78. The molecule has 0 bridgehead atoms. The highest BCUT2D eigenvalue weighted by Gasteiger charge is 2.17. The van der Waals surface area contributed by atoms with E-state index in [0.29, 0.717) is 6.04 Å². The molecule has 1 aliphatic heterocycles. The third-order valence-electron chi connectivity index (χ3n) is 3.34. The smallest absolute Gasteiger partial charge is 0.0928 e. The maximum atomic E-state index is 4.71. The topological polar surface area (TPSA) is 28.2 Å². The van der Waals surface area contributed by atoms with Gasteiger partial charge in [0.2, 0.25) is 0 Å². The molecule has 1 N–H and O–H groups in total. The Bertz CT molecular complexity index is 331. The van der Waals surface area contributed by atoms with Crippen molar-refractivity contribution in [2.24, 2.45) is 0 Å². The number of hydrogen-bond donors (Lipinski definition) is 1. The van der Waals surface area contributed by atoms with Crippen LogP contribution in [0.2, 0.25) is 0 Å².